The van der Waals surface area contributed by atoms with Crippen LogP contribution in [0, 0.1) is 0 Å². The number of H-pyrrole nitrogens is 1. The summed E-state index contributed by atoms with van der Waals surface area (Å²) in [6.07, 6.45) is 9.27. The van der Waals surface area contributed by atoms with Crippen LogP contribution < -0.4 is 11.3 Å². The van der Waals surface area contributed by atoms with E-state index < -0.39 is 0 Å². The molecule has 4 heteroatoms. The maximum Gasteiger partial charge on any atom is 0.281 e. The molecule has 1 aliphatic rings. The molecule has 1 aromatic rings. The van der Waals surface area contributed by atoms with E-state index in [0.29, 0.717) is 5.56 Å². The van der Waals surface area contributed by atoms with Crippen molar-refractivity contribution in [3.8, 4) is 0 Å². The van der Waals surface area contributed by atoms with E-state index in [1.54, 1.807) is 6.08 Å². The number of anilines is 1. The average molecular weight is 189 g/mol. The first-order chi connectivity index (χ1) is 6.77. The van der Waals surface area contributed by atoms with Crippen LogP contribution in [0.2, 0.25) is 0 Å². The number of aromatic nitrogens is 2. The number of allylic oxidation sites excluding steroid dienone is 3. The topological polar surface area (TPSA) is 71.8 Å². The molecule has 2 rings (SSSR count). The lowest BCUT2D eigenvalue weighted by atomic mass is 10.1. The third-order valence-electron chi connectivity index (χ3n) is 2.13. The lowest BCUT2D eigenvalue weighted by Crippen LogP contribution is -2.17. The van der Waals surface area contributed by atoms with Crippen LogP contribution >= 0.6 is 0 Å². The van der Waals surface area contributed by atoms with E-state index in [1.165, 1.54) is 0 Å². The second-order valence-electron chi connectivity index (χ2n) is 3.15. The van der Waals surface area contributed by atoms with Crippen LogP contribution in [-0.2, 0) is 6.42 Å². The molecule has 0 atom stereocenters. The minimum Gasteiger partial charge on any atom is -0.369 e. The number of nitrogens with zero attached hydrogens (tertiary/aromatic N) is 1. The van der Waals surface area contributed by atoms with Crippen molar-refractivity contribution in [3.05, 3.63) is 39.8 Å². The number of nitrogens with two attached hydrogens (primary N) is 1. The van der Waals surface area contributed by atoms with Crippen LogP contribution in [0.3, 0.4) is 0 Å². The van der Waals surface area contributed by atoms with Crippen LogP contribution in [0.1, 0.15) is 17.7 Å². The predicted octanol–water partition coefficient (Wildman–Crippen LogP) is 0.868. The molecule has 0 bridgehead atoms. The van der Waals surface area contributed by atoms with E-state index in [1.807, 2.05) is 18.2 Å². The van der Waals surface area contributed by atoms with Crippen LogP contribution in [0.5, 0.6) is 0 Å². The summed E-state index contributed by atoms with van der Waals surface area (Å²) in [4.78, 5) is 18.0. The Labute approximate surface area is 81.2 Å². The van der Waals surface area contributed by atoms with Gasteiger partial charge in [0, 0.05) is 5.69 Å². The standard InChI is InChI=1S/C10H11N3O/c11-10-12-8-6-4-2-1-3-5-7(8)9(14)13-10/h1-3,5H,4,6H2,(H3,11,12,13,14)/b2-1-,5-3-. The first kappa shape index (κ1) is 8.74. The fraction of sp³-hybridized carbons (Fsp3) is 0.200. The fourth-order valence-corrected chi connectivity index (χ4v) is 1.47. The maximum atomic E-state index is 11.5. The Morgan fingerprint density at radius 3 is 3.14 bits per heavy atom. The SMILES string of the molecule is Nc1nc(=O)c2c([nH]1)CC/C=C\C=C/2. The van der Waals surface area contributed by atoms with Gasteiger partial charge < -0.3 is 10.7 Å². The molecule has 3 N–H and O–H groups in total. The average Bonchev–Trinajstić information content (AvgIpc) is 2.07. The smallest absolute Gasteiger partial charge is 0.281 e. The molecule has 4 nitrogen and oxygen atoms in total. The number of hydrogen-bond donors (Lipinski definition) is 2. The van der Waals surface area contributed by atoms with Crippen molar-refractivity contribution >= 4 is 12.0 Å². The summed E-state index contributed by atoms with van der Waals surface area (Å²) < 4.78 is 0. The molecule has 0 aliphatic heterocycles. The second-order valence-corrected chi connectivity index (χ2v) is 3.15. The van der Waals surface area contributed by atoms with Crippen molar-refractivity contribution in [2.75, 3.05) is 5.73 Å². The quantitative estimate of drug-likeness (QED) is 0.636. The molecule has 72 valence electrons. The van der Waals surface area contributed by atoms with Gasteiger partial charge in [-0.15, -0.1) is 0 Å². The van der Waals surface area contributed by atoms with E-state index in [9.17, 15) is 4.79 Å². The molecular weight excluding hydrogens is 178 g/mol. The van der Waals surface area contributed by atoms with Crippen molar-refractivity contribution in [2.45, 2.75) is 12.8 Å². The summed E-state index contributed by atoms with van der Waals surface area (Å²) in [5.74, 6) is 0.187. The highest BCUT2D eigenvalue weighted by atomic mass is 16.1. The van der Waals surface area contributed by atoms with E-state index >= 15 is 0 Å². The number of aromatic amines is 1. The zero-order valence-electron chi connectivity index (χ0n) is 7.66. The first-order valence-electron chi connectivity index (χ1n) is 4.49. The summed E-state index contributed by atoms with van der Waals surface area (Å²) in [7, 11) is 0. The maximum absolute atomic E-state index is 11.5. The van der Waals surface area contributed by atoms with Gasteiger partial charge in [0.2, 0.25) is 5.95 Å². The molecule has 0 fully saturated rings. The van der Waals surface area contributed by atoms with Crippen molar-refractivity contribution in [1.29, 1.82) is 0 Å². The minimum atomic E-state index is -0.261. The Kier molecular flexibility index (Phi) is 2.18. The van der Waals surface area contributed by atoms with Crippen molar-refractivity contribution in [1.82, 2.24) is 9.97 Å². The molecule has 14 heavy (non-hydrogen) atoms. The molecular formula is C10H11N3O. The van der Waals surface area contributed by atoms with Gasteiger partial charge in [-0.2, -0.15) is 4.98 Å². The Bertz CT molecular complexity index is 457. The van der Waals surface area contributed by atoms with E-state index in [4.69, 9.17) is 5.73 Å². The Balaban J connectivity index is 2.61. The Morgan fingerprint density at radius 1 is 1.43 bits per heavy atom. The predicted molar refractivity (Wildman–Crippen MR) is 55.8 cm³/mol. The van der Waals surface area contributed by atoms with E-state index in [-0.39, 0.29) is 11.5 Å². The number of hydrogen-bond acceptors (Lipinski definition) is 3. The summed E-state index contributed by atoms with van der Waals surface area (Å²) in [6, 6.07) is 0. The number of nitrogen functional groups attached to an aromatic ring is 1. The van der Waals surface area contributed by atoms with Gasteiger partial charge in [-0.3, -0.25) is 4.79 Å². The zero-order chi connectivity index (χ0) is 9.97. The largest absolute Gasteiger partial charge is 0.369 e. The number of fused-ring (bicyclic) bond motifs is 1. The minimum absolute atomic E-state index is 0.187. The summed E-state index contributed by atoms with van der Waals surface area (Å²) in [6.45, 7) is 0. The molecule has 0 unspecified atom stereocenters. The molecule has 1 aromatic heterocycles. The molecule has 0 spiro atoms. The van der Waals surface area contributed by atoms with Gasteiger partial charge in [0.15, 0.2) is 0 Å². The van der Waals surface area contributed by atoms with Crippen LogP contribution in [-0.4, -0.2) is 9.97 Å². The summed E-state index contributed by atoms with van der Waals surface area (Å²) in [5, 5.41) is 0. The van der Waals surface area contributed by atoms with Crippen LogP contribution in [0.25, 0.3) is 6.08 Å². The fourth-order valence-electron chi connectivity index (χ4n) is 1.47. The first-order valence-corrected chi connectivity index (χ1v) is 4.49. The molecule has 1 aliphatic carbocycles. The van der Waals surface area contributed by atoms with Gasteiger partial charge in [-0.25, -0.2) is 0 Å². The lowest BCUT2D eigenvalue weighted by Gasteiger charge is -2.06. The normalized spacial score (nSPS) is 19.1. The Hall–Kier alpha value is -1.84. The van der Waals surface area contributed by atoms with Gasteiger partial charge in [0.25, 0.3) is 5.56 Å². The summed E-state index contributed by atoms with van der Waals surface area (Å²) in [5.41, 5.74) is 6.68. The van der Waals surface area contributed by atoms with Gasteiger partial charge >= 0.3 is 0 Å². The second kappa shape index (κ2) is 3.49. The van der Waals surface area contributed by atoms with Gasteiger partial charge in [0.1, 0.15) is 0 Å². The molecule has 0 saturated heterocycles. The highest BCUT2D eigenvalue weighted by Crippen LogP contribution is 2.10. The monoisotopic (exact) mass is 189 g/mol. The molecule has 1 heterocycles. The summed E-state index contributed by atoms with van der Waals surface area (Å²) >= 11 is 0. The lowest BCUT2D eigenvalue weighted by molar-refractivity contribution is 0.915. The number of rotatable bonds is 0. The van der Waals surface area contributed by atoms with Crippen LogP contribution in [0.15, 0.2) is 23.0 Å². The number of aryl methyl sites for hydroxylation is 1. The Morgan fingerprint density at radius 2 is 2.29 bits per heavy atom. The molecule has 0 radical (unpaired) electrons. The number of nitrogens with one attached hydrogen (secondary N) is 1. The molecule has 0 amide bonds. The highest BCUT2D eigenvalue weighted by Gasteiger charge is 2.07. The van der Waals surface area contributed by atoms with Gasteiger partial charge in [-0.05, 0) is 18.9 Å². The molecule has 0 aromatic carbocycles. The van der Waals surface area contributed by atoms with Gasteiger partial charge in [0.05, 0.1) is 5.56 Å². The van der Waals surface area contributed by atoms with Crippen LogP contribution in [0.4, 0.5) is 5.95 Å². The third kappa shape index (κ3) is 1.59. The van der Waals surface area contributed by atoms with Crippen molar-refractivity contribution in [3.63, 3.8) is 0 Å². The van der Waals surface area contributed by atoms with E-state index in [0.717, 1.165) is 18.5 Å². The van der Waals surface area contributed by atoms with Crippen molar-refractivity contribution < 1.29 is 0 Å². The third-order valence-corrected chi connectivity index (χ3v) is 2.13. The van der Waals surface area contributed by atoms with Gasteiger partial charge in [-0.1, -0.05) is 18.2 Å². The zero-order valence-corrected chi connectivity index (χ0v) is 7.66. The highest BCUT2D eigenvalue weighted by molar-refractivity contribution is 5.54. The molecule has 0 saturated carbocycles. The van der Waals surface area contributed by atoms with Crippen molar-refractivity contribution in [2.24, 2.45) is 0 Å². The van der Waals surface area contributed by atoms with E-state index in [2.05, 4.69) is 9.97 Å².